The van der Waals surface area contributed by atoms with Gasteiger partial charge in [-0.2, -0.15) is 0 Å². The number of benzene rings is 4. The molecule has 2 atom stereocenters. The van der Waals surface area contributed by atoms with Gasteiger partial charge in [0.05, 0.1) is 12.1 Å². The molecule has 0 saturated heterocycles. The quantitative estimate of drug-likeness (QED) is 0.228. The SMILES string of the molecule is CC(=N[C@@H]1CCCC[C@H]1N=C(C)c1c2ccc(c1O)CCc1ccc(cc1)CC2)c1c2ccc(c1O)CCc1ccc(cc1)CC2. The molecule has 0 amide bonds. The molecule has 4 heteroatoms. The second kappa shape index (κ2) is 13.3. The molecular formula is C42H46N2O2. The van der Waals surface area contributed by atoms with Gasteiger partial charge in [0.15, 0.2) is 0 Å². The molecule has 0 radical (unpaired) electrons. The first-order valence-corrected chi connectivity index (χ1v) is 17.4. The van der Waals surface area contributed by atoms with Crippen LogP contribution in [0.1, 0.15) is 95.2 Å². The Morgan fingerprint density at radius 2 is 0.761 bits per heavy atom. The van der Waals surface area contributed by atoms with E-state index in [1.165, 1.54) is 22.3 Å². The van der Waals surface area contributed by atoms with Crippen molar-refractivity contribution < 1.29 is 10.2 Å². The zero-order chi connectivity index (χ0) is 31.6. The Hall–Kier alpha value is -4.18. The van der Waals surface area contributed by atoms with E-state index in [0.29, 0.717) is 11.5 Å². The molecule has 1 fully saturated rings. The maximum atomic E-state index is 11.6. The number of phenols is 2. The Morgan fingerprint density at radius 1 is 0.457 bits per heavy atom. The van der Waals surface area contributed by atoms with Crippen LogP contribution in [-0.2, 0) is 51.4 Å². The molecule has 1 saturated carbocycles. The highest BCUT2D eigenvalue weighted by Gasteiger charge is 2.27. The topological polar surface area (TPSA) is 65.2 Å². The summed E-state index contributed by atoms with van der Waals surface area (Å²) in [6, 6.07) is 26.7. The molecule has 46 heavy (non-hydrogen) atoms. The molecule has 9 aliphatic carbocycles. The van der Waals surface area contributed by atoms with Gasteiger partial charge in [0.2, 0.25) is 0 Å². The van der Waals surface area contributed by atoms with Crippen molar-refractivity contribution in [3.05, 3.63) is 128 Å². The van der Waals surface area contributed by atoms with Crippen molar-refractivity contribution >= 4 is 11.4 Å². The third kappa shape index (κ3) is 6.40. The van der Waals surface area contributed by atoms with Crippen LogP contribution in [-0.4, -0.2) is 33.7 Å². The number of hydrogen-bond donors (Lipinski definition) is 2. The molecule has 4 aromatic carbocycles. The van der Waals surface area contributed by atoms with Gasteiger partial charge in [-0.25, -0.2) is 0 Å². The lowest BCUT2D eigenvalue weighted by atomic mass is 9.88. The summed E-state index contributed by atoms with van der Waals surface area (Å²) in [7, 11) is 0. The van der Waals surface area contributed by atoms with Crippen LogP contribution in [0.15, 0.2) is 82.8 Å². The highest BCUT2D eigenvalue weighted by molar-refractivity contribution is 6.04. The van der Waals surface area contributed by atoms with Crippen molar-refractivity contribution in [1.82, 2.24) is 0 Å². The number of nitrogens with zero attached hydrogens (tertiary/aromatic N) is 2. The second-order valence-electron chi connectivity index (χ2n) is 13.7. The Labute approximate surface area is 274 Å². The normalized spacial score (nSPS) is 20.2. The number of aliphatic imine (C=N–C) groups is 2. The fraction of sp³-hybridized carbons (Fsp3) is 0.381. The third-order valence-electron chi connectivity index (χ3n) is 10.6. The molecule has 4 aromatic rings. The Morgan fingerprint density at radius 3 is 1.11 bits per heavy atom. The van der Waals surface area contributed by atoms with Crippen molar-refractivity contribution in [2.24, 2.45) is 9.98 Å². The van der Waals surface area contributed by atoms with Gasteiger partial charge in [-0.3, -0.25) is 9.98 Å². The molecule has 2 N–H and O–H groups in total. The van der Waals surface area contributed by atoms with E-state index in [9.17, 15) is 10.2 Å². The van der Waals surface area contributed by atoms with Crippen molar-refractivity contribution in [3.8, 4) is 11.5 Å². The van der Waals surface area contributed by atoms with Crippen LogP contribution in [0.25, 0.3) is 0 Å². The number of rotatable bonds is 4. The van der Waals surface area contributed by atoms with Crippen LogP contribution in [0.2, 0.25) is 0 Å². The number of aromatic hydroxyl groups is 2. The minimum absolute atomic E-state index is 0.0441. The Balaban J connectivity index is 1.20. The van der Waals surface area contributed by atoms with E-state index in [1.807, 2.05) is 0 Å². The van der Waals surface area contributed by atoms with Gasteiger partial charge in [0.25, 0.3) is 0 Å². The molecule has 0 heterocycles. The standard InChI is InChI=1S/C42H46N2O2/c1-27(39-33-19-15-29-7-11-31(12-8-29)17-21-35(25-23-33)41(39)45)43-37-5-3-4-6-38(37)44-28(2)40-34-20-16-30-9-13-32(14-10-30)18-22-36(26-24-34)42(40)46/h7-14,23-26,37-38,45-46H,3-6,15-22H2,1-2H3/t37-,38-/m1/s1. The molecular weight excluding hydrogens is 564 g/mol. The van der Waals surface area contributed by atoms with Gasteiger partial charge in [-0.15, -0.1) is 0 Å². The summed E-state index contributed by atoms with van der Waals surface area (Å²) in [6.07, 6.45) is 11.2. The van der Waals surface area contributed by atoms with Gasteiger partial charge in [0.1, 0.15) is 11.5 Å². The lowest BCUT2D eigenvalue weighted by Crippen LogP contribution is -2.29. The van der Waals surface area contributed by atoms with Gasteiger partial charge in [0, 0.05) is 22.6 Å². The summed E-state index contributed by atoms with van der Waals surface area (Å²) >= 11 is 0. The average molecular weight is 611 g/mol. The molecule has 9 aliphatic rings. The van der Waals surface area contributed by atoms with Crippen LogP contribution in [0.5, 0.6) is 11.5 Å². The van der Waals surface area contributed by atoms with Crippen molar-refractivity contribution in [2.75, 3.05) is 0 Å². The zero-order valence-corrected chi connectivity index (χ0v) is 27.4. The first kappa shape index (κ1) is 30.5. The summed E-state index contributed by atoms with van der Waals surface area (Å²) in [5, 5.41) is 23.2. The number of hydrogen-bond acceptors (Lipinski definition) is 4. The summed E-state index contributed by atoms with van der Waals surface area (Å²) < 4.78 is 0. The largest absolute Gasteiger partial charge is 0.507 e. The highest BCUT2D eigenvalue weighted by Crippen LogP contribution is 2.34. The third-order valence-corrected chi connectivity index (χ3v) is 10.6. The second-order valence-corrected chi connectivity index (χ2v) is 13.7. The predicted octanol–water partition coefficient (Wildman–Crippen LogP) is 8.49. The van der Waals surface area contributed by atoms with Crippen LogP contribution >= 0.6 is 0 Å². The fourth-order valence-corrected chi connectivity index (χ4v) is 7.86. The predicted molar refractivity (Wildman–Crippen MR) is 189 cm³/mol. The maximum Gasteiger partial charge on any atom is 0.128 e. The lowest BCUT2D eigenvalue weighted by molar-refractivity contribution is 0.388. The van der Waals surface area contributed by atoms with Gasteiger partial charge >= 0.3 is 0 Å². The molecule has 236 valence electrons. The van der Waals surface area contributed by atoms with E-state index >= 15 is 0 Å². The summed E-state index contributed by atoms with van der Waals surface area (Å²) in [6.45, 7) is 4.15. The minimum atomic E-state index is 0.0441. The molecule has 0 spiro atoms. The summed E-state index contributed by atoms with van der Waals surface area (Å²) in [5.41, 5.74) is 13.2. The van der Waals surface area contributed by atoms with Crippen molar-refractivity contribution in [1.29, 1.82) is 0 Å². The van der Waals surface area contributed by atoms with Crippen LogP contribution < -0.4 is 0 Å². The Bertz CT molecular complexity index is 1650. The van der Waals surface area contributed by atoms with Crippen molar-refractivity contribution in [3.63, 3.8) is 0 Å². The lowest BCUT2D eigenvalue weighted by Gasteiger charge is -2.28. The van der Waals surface area contributed by atoms with E-state index in [2.05, 4.69) is 86.6 Å². The first-order valence-electron chi connectivity index (χ1n) is 17.4. The molecule has 4 nitrogen and oxygen atoms in total. The summed E-state index contributed by atoms with van der Waals surface area (Å²) in [4.78, 5) is 10.7. The van der Waals surface area contributed by atoms with Crippen LogP contribution in [0.3, 0.4) is 0 Å². The zero-order valence-electron chi connectivity index (χ0n) is 27.4. The molecule has 8 bridgehead atoms. The highest BCUT2D eigenvalue weighted by atomic mass is 16.3. The van der Waals surface area contributed by atoms with E-state index in [4.69, 9.17) is 9.98 Å². The van der Waals surface area contributed by atoms with Gasteiger partial charge in [-0.05, 0) is 123 Å². The minimum Gasteiger partial charge on any atom is -0.507 e. The first-order chi connectivity index (χ1) is 22.4. The van der Waals surface area contributed by atoms with Crippen LogP contribution in [0, 0.1) is 0 Å². The smallest absolute Gasteiger partial charge is 0.128 e. The number of phenolic OH excluding ortho intramolecular Hbond substituents is 2. The van der Waals surface area contributed by atoms with E-state index < -0.39 is 0 Å². The molecule has 0 aliphatic heterocycles. The average Bonchev–Trinajstić information content (AvgIpc) is 3.05. The van der Waals surface area contributed by atoms with Crippen molar-refractivity contribution in [2.45, 2.75) is 103 Å². The van der Waals surface area contributed by atoms with Crippen LogP contribution in [0.4, 0.5) is 0 Å². The molecule has 13 rings (SSSR count). The van der Waals surface area contributed by atoms with E-state index in [-0.39, 0.29) is 12.1 Å². The Kier molecular flexibility index (Phi) is 8.80. The number of aryl methyl sites for hydroxylation is 8. The van der Waals surface area contributed by atoms with E-state index in [0.717, 1.165) is 122 Å². The van der Waals surface area contributed by atoms with E-state index in [1.54, 1.807) is 0 Å². The molecule has 0 aromatic heterocycles. The molecule has 0 unspecified atom stereocenters. The fourth-order valence-electron chi connectivity index (χ4n) is 7.86. The van der Waals surface area contributed by atoms with Gasteiger partial charge in [-0.1, -0.05) is 85.6 Å². The monoisotopic (exact) mass is 610 g/mol. The van der Waals surface area contributed by atoms with Gasteiger partial charge < -0.3 is 10.2 Å². The maximum absolute atomic E-state index is 11.6. The summed E-state index contributed by atoms with van der Waals surface area (Å²) in [5.74, 6) is 0.796.